The maximum Gasteiger partial charge on any atom is 0.178 e. The van der Waals surface area contributed by atoms with E-state index in [1.165, 1.54) is 0 Å². The Morgan fingerprint density at radius 3 is 2.24 bits per heavy atom. The summed E-state index contributed by atoms with van der Waals surface area (Å²) in [5, 5.41) is 13.2. The summed E-state index contributed by atoms with van der Waals surface area (Å²) in [7, 11) is 4.84. The van der Waals surface area contributed by atoms with E-state index in [-0.39, 0.29) is 0 Å². The molecule has 2 heterocycles. The minimum atomic E-state index is 0.588. The molecule has 126 valence electrons. The van der Waals surface area contributed by atoms with Crippen molar-refractivity contribution in [2.75, 3.05) is 21.3 Å². The maximum atomic E-state index is 5.40. The zero-order chi connectivity index (χ0) is 17.4. The predicted octanol–water partition coefficient (Wildman–Crippen LogP) is 2.97. The number of aromatic nitrogens is 4. The summed E-state index contributed by atoms with van der Waals surface area (Å²) in [6.07, 6.45) is 0. The van der Waals surface area contributed by atoms with Crippen molar-refractivity contribution in [3.63, 3.8) is 0 Å². The van der Waals surface area contributed by atoms with Crippen LogP contribution in [0.15, 0.2) is 42.5 Å². The molecule has 7 nitrogen and oxygen atoms in total. The fourth-order valence-corrected chi connectivity index (χ4v) is 2.73. The second-order valence-electron chi connectivity index (χ2n) is 5.43. The molecule has 25 heavy (non-hydrogen) atoms. The number of fused-ring (bicyclic) bond motifs is 3. The average Bonchev–Trinajstić information content (AvgIpc) is 3.11. The Bertz CT molecular complexity index is 1060. The van der Waals surface area contributed by atoms with Gasteiger partial charge < -0.3 is 14.2 Å². The smallest absolute Gasteiger partial charge is 0.178 e. The van der Waals surface area contributed by atoms with Crippen LogP contribution in [0.5, 0.6) is 17.2 Å². The third kappa shape index (κ3) is 2.50. The lowest BCUT2D eigenvalue weighted by molar-refractivity contribution is 0.397. The van der Waals surface area contributed by atoms with Crippen LogP contribution in [0.2, 0.25) is 0 Å². The fourth-order valence-electron chi connectivity index (χ4n) is 2.73. The standard InChI is InChI=1S/C18H16N4O3/c1-23-12-6-4-11(5-7-12)14-10-17-19-20-18-15(22(17)21-14)8-13(24-2)9-16(18)25-3/h4-10H,1-3H3. The first-order valence-corrected chi connectivity index (χ1v) is 7.66. The van der Waals surface area contributed by atoms with Crippen molar-refractivity contribution in [2.45, 2.75) is 0 Å². The van der Waals surface area contributed by atoms with Gasteiger partial charge in [-0.3, -0.25) is 0 Å². The van der Waals surface area contributed by atoms with Crippen molar-refractivity contribution >= 4 is 16.7 Å². The highest BCUT2D eigenvalue weighted by Gasteiger charge is 2.14. The minimum absolute atomic E-state index is 0.588. The molecule has 4 rings (SSSR count). The van der Waals surface area contributed by atoms with E-state index in [1.54, 1.807) is 31.9 Å². The van der Waals surface area contributed by atoms with Crippen LogP contribution < -0.4 is 14.2 Å². The molecule has 0 aliphatic carbocycles. The summed E-state index contributed by atoms with van der Waals surface area (Å²) in [5.41, 5.74) is 3.80. The third-order valence-corrected chi connectivity index (χ3v) is 4.04. The van der Waals surface area contributed by atoms with Crippen molar-refractivity contribution in [3.05, 3.63) is 42.5 Å². The molecule has 0 spiro atoms. The molecular weight excluding hydrogens is 320 g/mol. The number of rotatable bonds is 4. The summed E-state index contributed by atoms with van der Waals surface area (Å²) < 4.78 is 17.7. The number of methoxy groups -OCH3 is 3. The Morgan fingerprint density at radius 2 is 1.56 bits per heavy atom. The highest BCUT2D eigenvalue weighted by Crippen LogP contribution is 2.30. The van der Waals surface area contributed by atoms with E-state index < -0.39 is 0 Å². The van der Waals surface area contributed by atoms with Crippen LogP contribution in [0, 0.1) is 0 Å². The minimum Gasteiger partial charge on any atom is -0.497 e. The number of nitrogens with zero attached hydrogens (tertiary/aromatic N) is 4. The van der Waals surface area contributed by atoms with Gasteiger partial charge in [-0.05, 0) is 24.3 Å². The molecule has 0 N–H and O–H groups in total. The molecule has 0 saturated carbocycles. The van der Waals surface area contributed by atoms with Gasteiger partial charge in [0.25, 0.3) is 0 Å². The van der Waals surface area contributed by atoms with E-state index in [4.69, 9.17) is 14.2 Å². The maximum absolute atomic E-state index is 5.40. The lowest BCUT2D eigenvalue weighted by Gasteiger charge is -2.08. The van der Waals surface area contributed by atoms with E-state index >= 15 is 0 Å². The van der Waals surface area contributed by atoms with E-state index in [2.05, 4.69) is 15.3 Å². The normalized spacial score (nSPS) is 11.0. The van der Waals surface area contributed by atoms with E-state index in [1.807, 2.05) is 36.4 Å². The van der Waals surface area contributed by atoms with Gasteiger partial charge in [-0.2, -0.15) is 5.10 Å². The first-order chi connectivity index (χ1) is 12.2. The predicted molar refractivity (Wildman–Crippen MR) is 93.4 cm³/mol. The summed E-state index contributed by atoms with van der Waals surface area (Å²) in [6, 6.07) is 13.2. The topological polar surface area (TPSA) is 70.8 Å². The van der Waals surface area contributed by atoms with Gasteiger partial charge in [-0.1, -0.05) is 0 Å². The van der Waals surface area contributed by atoms with Crippen LogP contribution in [0.4, 0.5) is 0 Å². The molecule has 2 aromatic heterocycles. The van der Waals surface area contributed by atoms with Gasteiger partial charge in [-0.25, -0.2) is 4.52 Å². The Kier molecular flexibility index (Phi) is 3.61. The van der Waals surface area contributed by atoms with Crippen LogP contribution in [0.3, 0.4) is 0 Å². The third-order valence-electron chi connectivity index (χ3n) is 4.04. The highest BCUT2D eigenvalue weighted by molar-refractivity contribution is 5.85. The van der Waals surface area contributed by atoms with Gasteiger partial charge in [-0.15, -0.1) is 10.2 Å². The van der Waals surface area contributed by atoms with E-state index in [0.29, 0.717) is 22.7 Å². The number of benzene rings is 2. The summed E-state index contributed by atoms with van der Waals surface area (Å²) in [6.45, 7) is 0. The van der Waals surface area contributed by atoms with Crippen molar-refractivity contribution in [3.8, 4) is 28.5 Å². The van der Waals surface area contributed by atoms with Gasteiger partial charge in [0, 0.05) is 23.8 Å². The molecular formula is C18H16N4O3. The second kappa shape index (κ2) is 5.94. The van der Waals surface area contributed by atoms with Gasteiger partial charge in [0.1, 0.15) is 17.0 Å². The van der Waals surface area contributed by atoms with Gasteiger partial charge in [0.05, 0.1) is 27.0 Å². The highest BCUT2D eigenvalue weighted by atomic mass is 16.5. The molecule has 2 aromatic carbocycles. The zero-order valence-corrected chi connectivity index (χ0v) is 14.1. The molecule has 7 heteroatoms. The molecule has 0 bridgehead atoms. The number of ether oxygens (including phenoxy) is 3. The van der Waals surface area contributed by atoms with Crippen molar-refractivity contribution in [1.82, 2.24) is 19.8 Å². The van der Waals surface area contributed by atoms with Crippen LogP contribution in [0.25, 0.3) is 27.9 Å². The first kappa shape index (κ1) is 15.2. The summed E-state index contributed by atoms with van der Waals surface area (Å²) >= 11 is 0. The lowest BCUT2D eigenvalue weighted by atomic mass is 10.1. The van der Waals surface area contributed by atoms with E-state index in [0.717, 1.165) is 22.5 Å². The van der Waals surface area contributed by atoms with Crippen LogP contribution in [0.1, 0.15) is 0 Å². The Morgan fingerprint density at radius 1 is 0.800 bits per heavy atom. The Hall–Kier alpha value is -3.35. The molecule has 0 unspecified atom stereocenters. The fraction of sp³-hybridized carbons (Fsp3) is 0.167. The molecule has 0 aliphatic rings. The van der Waals surface area contributed by atoms with Gasteiger partial charge in [0.15, 0.2) is 16.9 Å². The monoisotopic (exact) mass is 336 g/mol. The van der Waals surface area contributed by atoms with Gasteiger partial charge in [0.2, 0.25) is 0 Å². The largest absolute Gasteiger partial charge is 0.497 e. The first-order valence-electron chi connectivity index (χ1n) is 7.66. The average molecular weight is 336 g/mol. The van der Waals surface area contributed by atoms with Gasteiger partial charge >= 0.3 is 0 Å². The Labute approximate surface area is 143 Å². The molecule has 0 saturated heterocycles. The molecule has 0 radical (unpaired) electrons. The SMILES string of the molecule is COc1ccc(-c2cc3nnc4c(OC)cc(OC)cc4n3n2)cc1. The van der Waals surface area contributed by atoms with Crippen molar-refractivity contribution < 1.29 is 14.2 Å². The van der Waals surface area contributed by atoms with Crippen LogP contribution in [-0.2, 0) is 0 Å². The second-order valence-corrected chi connectivity index (χ2v) is 5.43. The van der Waals surface area contributed by atoms with Crippen molar-refractivity contribution in [2.24, 2.45) is 0 Å². The number of hydrogen-bond acceptors (Lipinski definition) is 6. The van der Waals surface area contributed by atoms with Crippen molar-refractivity contribution in [1.29, 1.82) is 0 Å². The Balaban J connectivity index is 1.93. The molecule has 4 aromatic rings. The summed E-state index contributed by atoms with van der Waals surface area (Å²) in [4.78, 5) is 0. The molecule has 0 amide bonds. The molecule has 0 aliphatic heterocycles. The molecule has 0 fully saturated rings. The van der Waals surface area contributed by atoms with Crippen LogP contribution >= 0.6 is 0 Å². The lowest BCUT2D eigenvalue weighted by Crippen LogP contribution is -1.99. The molecule has 0 atom stereocenters. The van der Waals surface area contributed by atoms with Crippen LogP contribution in [-0.4, -0.2) is 41.1 Å². The van der Waals surface area contributed by atoms with E-state index in [9.17, 15) is 0 Å². The number of hydrogen-bond donors (Lipinski definition) is 0. The quantitative estimate of drug-likeness (QED) is 0.570. The summed E-state index contributed by atoms with van der Waals surface area (Å²) in [5.74, 6) is 2.05. The zero-order valence-electron chi connectivity index (χ0n) is 14.1.